The summed E-state index contributed by atoms with van der Waals surface area (Å²) in [7, 11) is 0. The van der Waals surface area contributed by atoms with Gasteiger partial charge >= 0.3 is 0 Å². The predicted octanol–water partition coefficient (Wildman–Crippen LogP) is 2.80. The molecule has 0 saturated carbocycles. The van der Waals surface area contributed by atoms with E-state index >= 15 is 0 Å². The van der Waals surface area contributed by atoms with Gasteiger partial charge in [-0.3, -0.25) is 4.98 Å². The van der Waals surface area contributed by atoms with Crippen LogP contribution in [0, 0.1) is 0 Å². The van der Waals surface area contributed by atoms with Gasteiger partial charge in [0, 0.05) is 6.20 Å². The monoisotopic (exact) mass is 199 g/mol. The van der Waals surface area contributed by atoms with Crippen molar-refractivity contribution in [1.82, 2.24) is 4.98 Å². The molecule has 0 bridgehead atoms. The van der Waals surface area contributed by atoms with Crippen LogP contribution >= 0.6 is 0 Å². The molecule has 0 saturated heterocycles. The van der Waals surface area contributed by atoms with Gasteiger partial charge in [0.05, 0.1) is 11.8 Å². The summed E-state index contributed by atoms with van der Waals surface area (Å²) in [5.41, 5.74) is 2.93. The van der Waals surface area contributed by atoms with Crippen LogP contribution in [0.5, 0.6) is 0 Å². The molecule has 0 aliphatic rings. The molecule has 2 aromatic rings. The minimum atomic E-state index is -0.520. The van der Waals surface area contributed by atoms with E-state index < -0.39 is 6.10 Å². The Morgan fingerprint density at radius 2 is 1.80 bits per heavy atom. The Kier molecular flexibility index (Phi) is 2.79. The van der Waals surface area contributed by atoms with E-state index in [4.69, 9.17) is 0 Å². The zero-order valence-electron chi connectivity index (χ0n) is 8.59. The lowest BCUT2D eigenvalue weighted by Crippen LogP contribution is -1.94. The molecule has 0 radical (unpaired) electrons. The minimum Gasteiger partial charge on any atom is -0.387 e. The fraction of sp³-hybridized carbons (Fsp3) is 0.154. The molecular formula is C13H13NO. The summed E-state index contributed by atoms with van der Waals surface area (Å²) in [6, 6.07) is 13.9. The smallest absolute Gasteiger partial charge is 0.0931 e. The molecule has 2 rings (SSSR count). The van der Waals surface area contributed by atoms with Gasteiger partial charge in [-0.05, 0) is 30.2 Å². The number of hydrogen-bond donors (Lipinski definition) is 1. The number of hydrogen-bond acceptors (Lipinski definition) is 2. The van der Waals surface area contributed by atoms with E-state index in [1.807, 2.05) is 42.5 Å². The second-order valence-corrected chi connectivity index (χ2v) is 3.51. The van der Waals surface area contributed by atoms with E-state index in [1.54, 1.807) is 13.1 Å². The minimum absolute atomic E-state index is 0.520. The van der Waals surface area contributed by atoms with Crippen LogP contribution in [0.2, 0.25) is 0 Å². The highest BCUT2D eigenvalue weighted by Crippen LogP contribution is 2.20. The van der Waals surface area contributed by atoms with Crippen molar-refractivity contribution in [2.75, 3.05) is 0 Å². The van der Waals surface area contributed by atoms with Gasteiger partial charge in [0.15, 0.2) is 0 Å². The van der Waals surface area contributed by atoms with Crippen molar-refractivity contribution in [2.24, 2.45) is 0 Å². The van der Waals surface area contributed by atoms with Crippen molar-refractivity contribution < 1.29 is 5.11 Å². The molecule has 0 aliphatic carbocycles. The second-order valence-electron chi connectivity index (χ2n) is 3.51. The van der Waals surface area contributed by atoms with E-state index in [-0.39, 0.29) is 0 Å². The van der Waals surface area contributed by atoms with E-state index in [2.05, 4.69) is 4.98 Å². The van der Waals surface area contributed by atoms with E-state index in [9.17, 15) is 5.11 Å². The van der Waals surface area contributed by atoms with Crippen LogP contribution in [0.4, 0.5) is 0 Å². The van der Waals surface area contributed by atoms with Crippen molar-refractivity contribution in [1.29, 1.82) is 0 Å². The maximum absolute atomic E-state index is 9.43. The SMILES string of the molecule is CC(O)c1cc(-c2ccccc2)ccn1. The molecule has 0 amide bonds. The summed E-state index contributed by atoms with van der Waals surface area (Å²) in [5, 5.41) is 9.43. The molecule has 1 atom stereocenters. The highest BCUT2D eigenvalue weighted by Gasteiger charge is 2.03. The number of rotatable bonds is 2. The van der Waals surface area contributed by atoms with E-state index in [1.165, 1.54) is 0 Å². The van der Waals surface area contributed by atoms with Gasteiger partial charge < -0.3 is 5.11 Å². The van der Waals surface area contributed by atoms with Crippen LogP contribution in [-0.2, 0) is 0 Å². The Hall–Kier alpha value is -1.67. The number of pyridine rings is 1. The molecule has 1 heterocycles. The molecule has 76 valence electrons. The number of aromatic nitrogens is 1. The standard InChI is InChI=1S/C13H13NO/c1-10(15)13-9-12(7-8-14-13)11-5-3-2-4-6-11/h2-10,15H,1H3. The third-order valence-corrected chi connectivity index (χ3v) is 2.32. The fourth-order valence-electron chi connectivity index (χ4n) is 1.49. The molecule has 1 N–H and O–H groups in total. The Morgan fingerprint density at radius 1 is 1.07 bits per heavy atom. The number of aliphatic hydroxyl groups excluding tert-OH is 1. The number of aliphatic hydroxyl groups is 1. The quantitative estimate of drug-likeness (QED) is 0.806. The molecule has 0 spiro atoms. The van der Waals surface area contributed by atoms with Crippen molar-refractivity contribution in [3.8, 4) is 11.1 Å². The molecular weight excluding hydrogens is 186 g/mol. The summed E-state index contributed by atoms with van der Waals surface area (Å²) in [6.45, 7) is 1.72. The summed E-state index contributed by atoms with van der Waals surface area (Å²) < 4.78 is 0. The largest absolute Gasteiger partial charge is 0.387 e. The van der Waals surface area contributed by atoms with Crippen LogP contribution < -0.4 is 0 Å². The Balaban J connectivity index is 2.42. The van der Waals surface area contributed by atoms with Crippen LogP contribution in [0.15, 0.2) is 48.7 Å². The van der Waals surface area contributed by atoms with Crippen LogP contribution in [0.3, 0.4) is 0 Å². The van der Waals surface area contributed by atoms with Gasteiger partial charge in [0.25, 0.3) is 0 Å². The van der Waals surface area contributed by atoms with Gasteiger partial charge in [-0.25, -0.2) is 0 Å². The van der Waals surface area contributed by atoms with Gasteiger partial charge in [-0.2, -0.15) is 0 Å². The van der Waals surface area contributed by atoms with Gasteiger partial charge in [0.1, 0.15) is 0 Å². The second kappa shape index (κ2) is 4.24. The molecule has 2 heteroatoms. The third kappa shape index (κ3) is 2.22. The molecule has 0 fully saturated rings. The van der Waals surface area contributed by atoms with Crippen molar-refractivity contribution in [2.45, 2.75) is 13.0 Å². The summed E-state index contributed by atoms with van der Waals surface area (Å²) in [5.74, 6) is 0. The van der Waals surface area contributed by atoms with Crippen molar-refractivity contribution >= 4 is 0 Å². The van der Waals surface area contributed by atoms with Gasteiger partial charge in [-0.1, -0.05) is 30.3 Å². The molecule has 15 heavy (non-hydrogen) atoms. The molecule has 2 nitrogen and oxygen atoms in total. The topological polar surface area (TPSA) is 33.1 Å². The lowest BCUT2D eigenvalue weighted by atomic mass is 10.1. The first-order valence-electron chi connectivity index (χ1n) is 4.97. The van der Waals surface area contributed by atoms with Crippen molar-refractivity contribution in [3.05, 3.63) is 54.4 Å². The number of nitrogens with zero attached hydrogens (tertiary/aromatic N) is 1. The lowest BCUT2D eigenvalue weighted by Gasteiger charge is -2.06. The van der Waals surface area contributed by atoms with Gasteiger partial charge in [-0.15, -0.1) is 0 Å². The van der Waals surface area contributed by atoms with Gasteiger partial charge in [0.2, 0.25) is 0 Å². The molecule has 0 aliphatic heterocycles. The summed E-state index contributed by atoms with van der Waals surface area (Å²) in [6.07, 6.45) is 1.21. The van der Waals surface area contributed by atoms with Crippen molar-refractivity contribution in [3.63, 3.8) is 0 Å². The van der Waals surface area contributed by atoms with E-state index in [0.29, 0.717) is 5.69 Å². The summed E-state index contributed by atoms with van der Waals surface area (Å²) >= 11 is 0. The maximum Gasteiger partial charge on any atom is 0.0931 e. The Labute approximate surface area is 89.2 Å². The highest BCUT2D eigenvalue weighted by atomic mass is 16.3. The van der Waals surface area contributed by atoms with Crippen LogP contribution in [0.1, 0.15) is 18.7 Å². The first-order chi connectivity index (χ1) is 7.27. The first-order valence-corrected chi connectivity index (χ1v) is 4.97. The summed E-state index contributed by atoms with van der Waals surface area (Å²) in [4.78, 5) is 4.11. The Bertz CT molecular complexity index is 437. The van der Waals surface area contributed by atoms with Crippen LogP contribution in [-0.4, -0.2) is 10.1 Å². The normalized spacial score (nSPS) is 12.4. The first kappa shape index (κ1) is 9.87. The average molecular weight is 199 g/mol. The zero-order valence-corrected chi connectivity index (χ0v) is 8.59. The highest BCUT2D eigenvalue weighted by molar-refractivity contribution is 5.63. The van der Waals surface area contributed by atoms with Crippen LogP contribution in [0.25, 0.3) is 11.1 Å². The third-order valence-electron chi connectivity index (χ3n) is 2.32. The molecule has 1 aromatic carbocycles. The maximum atomic E-state index is 9.43. The molecule has 1 unspecified atom stereocenters. The lowest BCUT2D eigenvalue weighted by molar-refractivity contribution is 0.194. The van der Waals surface area contributed by atoms with E-state index in [0.717, 1.165) is 11.1 Å². The fourth-order valence-corrected chi connectivity index (χ4v) is 1.49. The number of benzene rings is 1. The molecule has 1 aromatic heterocycles. The average Bonchev–Trinajstić information content (AvgIpc) is 2.30. The Morgan fingerprint density at radius 3 is 2.47 bits per heavy atom. The predicted molar refractivity (Wildman–Crippen MR) is 60.3 cm³/mol. The zero-order chi connectivity index (χ0) is 10.7.